The highest BCUT2D eigenvalue weighted by atomic mass is 16.6. The van der Waals surface area contributed by atoms with Gasteiger partial charge in [-0.25, -0.2) is 4.98 Å². The molecule has 8 heteroatoms. The Bertz CT molecular complexity index is 1260. The number of nitrogens with zero attached hydrogens (tertiary/aromatic N) is 4. The van der Waals surface area contributed by atoms with Gasteiger partial charge in [-0.05, 0) is 44.4 Å². The Kier molecular flexibility index (Phi) is 5.43. The summed E-state index contributed by atoms with van der Waals surface area (Å²) in [5.41, 5.74) is 2.64. The van der Waals surface area contributed by atoms with Gasteiger partial charge in [0.1, 0.15) is 18.5 Å². The first-order chi connectivity index (χ1) is 15.6. The normalized spacial score (nSPS) is 15.0. The summed E-state index contributed by atoms with van der Waals surface area (Å²) in [7, 11) is 4.04. The number of hydrogen-bond acceptors (Lipinski definition) is 8. The maximum atomic E-state index is 6.02. The zero-order valence-corrected chi connectivity index (χ0v) is 17.9. The molecular formula is C24H28N6O2. The maximum Gasteiger partial charge on any atom is 0.229 e. The van der Waals surface area contributed by atoms with Gasteiger partial charge in [0.15, 0.2) is 11.5 Å². The van der Waals surface area contributed by atoms with E-state index in [0.29, 0.717) is 24.1 Å². The van der Waals surface area contributed by atoms with Crippen molar-refractivity contribution in [2.45, 2.75) is 6.10 Å². The second-order valence-electron chi connectivity index (χ2n) is 7.91. The van der Waals surface area contributed by atoms with E-state index in [2.05, 4.69) is 30.5 Å². The van der Waals surface area contributed by atoms with Crippen molar-refractivity contribution < 1.29 is 12.3 Å². The van der Waals surface area contributed by atoms with Crippen LogP contribution in [0.5, 0.6) is 11.5 Å². The standard InChI is InChI=1S/C24H24N6O2.2H2/c1-30(2)14-19-15-31-22-12-17(7-8-21(22)32-19)28-24-25-10-9-23(29-24)27-18-11-16-5-3-4-6-20(16)26-13-18;;/h3-13,19H,14-15H2,1-2H3,(H2,25,27,28,29);2*1H. The van der Waals surface area contributed by atoms with Crippen molar-refractivity contribution in [3.8, 4) is 11.5 Å². The van der Waals surface area contributed by atoms with Crippen LogP contribution in [-0.2, 0) is 0 Å². The van der Waals surface area contributed by atoms with Crippen LogP contribution in [0, 0.1) is 0 Å². The quantitative estimate of drug-likeness (QED) is 0.453. The molecule has 0 bridgehead atoms. The van der Waals surface area contributed by atoms with E-state index in [1.165, 1.54) is 0 Å². The molecule has 5 rings (SSSR count). The van der Waals surface area contributed by atoms with Crippen molar-refractivity contribution in [3.63, 3.8) is 0 Å². The Morgan fingerprint density at radius 1 is 1.00 bits per heavy atom. The fraction of sp³-hybridized carbons (Fsp3) is 0.208. The molecule has 0 saturated carbocycles. The molecule has 0 spiro atoms. The van der Waals surface area contributed by atoms with Crippen LogP contribution in [0.25, 0.3) is 10.9 Å². The third-order valence-electron chi connectivity index (χ3n) is 5.01. The molecule has 2 N–H and O–H groups in total. The van der Waals surface area contributed by atoms with E-state index in [4.69, 9.17) is 9.47 Å². The molecule has 166 valence electrons. The summed E-state index contributed by atoms with van der Waals surface area (Å²) in [6.45, 7) is 1.32. The molecule has 3 heterocycles. The lowest BCUT2D eigenvalue weighted by atomic mass is 10.2. The van der Waals surface area contributed by atoms with E-state index in [1.54, 1.807) is 12.4 Å². The fourth-order valence-electron chi connectivity index (χ4n) is 3.59. The monoisotopic (exact) mass is 432 g/mol. The van der Waals surface area contributed by atoms with E-state index in [1.807, 2.05) is 68.7 Å². The lowest BCUT2D eigenvalue weighted by Crippen LogP contribution is -2.37. The van der Waals surface area contributed by atoms with Gasteiger partial charge < -0.3 is 25.0 Å². The smallest absolute Gasteiger partial charge is 0.229 e. The van der Waals surface area contributed by atoms with Crippen molar-refractivity contribution in [2.24, 2.45) is 0 Å². The molecule has 1 aliphatic rings. The van der Waals surface area contributed by atoms with Crippen molar-refractivity contribution in [2.75, 3.05) is 37.9 Å². The van der Waals surface area contributed by atoms with E-state index in [0.717, 1.165) is 34.6 Å². The van der Waals surface area contributed by atoms with Gasteiger partial charge >= 0.3 is 0 Å². The molecule has 2 aromatic heterocycles. The molecule has 0 aliphatic carbocycles. The zero-order chi connectivity index (χ0) is 21.9. The van der Waals surface area contributed by atoms with Crippen molar-refractivity contribution in [3.05, 3.63) is 67.0 Å². The summed E-state index contributed by atoms with van der Waals surface area (Å²) >= 11 is 0. The third kappa shape index (κ3) is 4.55. The molecule has 0 saturated heterocycles. The minimum absolute atomic E-state index is 0. The van der Waals surface area contributed by atoms with Crippen LogP contribution in [-0.4, -0.2) is 53.2 Å². The number of ether oxygens (including phenoxy) is 2. The molecule has 1 unspecified atom stereocenters. The summed E-state index contributed by atoms with van der Waals surface area (Å²) in [4.78, 5) is 15.5. The first-order valence-electron chi connectivity index (χ1n) is 10.4. The third-order valence-corrected chi connectivity index (χ3v) is 5.01. The van der Waals surface area contributed by atoms with Gasteiger partial charge in [0.25, 0.3) is 0 Å². The number of nitrogens with one attached hydrogen (secondary N) is 2. The number of para-hydroxylation sites is 1. The number of fused-ring (bicyclic) bond motifs is 2. The summed E-state index contributed by atoms with van der Waals surface area (Å²) in [5.74, 6) is 2.60. The van der Waals surface area contributed by atoms with Crippen molar-refractivity contribution >= 4 is 34.0 Å². The minimum Gasteiger partial charge on any atom is -0.486 e. The highest BCUT2D eigenvalue weighted by Gasteiger charge is 2.21. The number of aromatic nitrogens is 3. The topological polar surface area (TPSA) is 84.4 Å². The molecule has 0 amide bonds. The molecule has 32 heavy (non-hydrogen) atoms. The number of likely N-dealkylation sites (N-methyl/N-ethyl adjacent to an activating group) is 1. The van der Waals surface area contributed by atoms with Crippen molar-refractivity contribution in [1.29, 1.82) is 0 Å². The van der Waals surface area contributed by atoms with Crippen molar-refractivity contribution in [1.82, 2.24) is 19.9 Å². The Labute approximate surface area is 189 Å². The molecule has 4 aromatic rings. The lowest BCUT2D eigenvalue weighted by molar-refractivity contribution is 0.0711. The number of benzene rings is 2. The first kappa shape index (κ1) is 20.0. The van der Waals surface area contributed by atoms with Gasteiger partial charge in [-0.3, -0.25) is 4.98 Å². The van der Waals surface area contributed by atoms with Crippen LogP contribution in [0.4, 0.5) is 23.1 Å². The molecule has 2 aromatic carbocycles. The Morgan fingerprint density at radius 3 is 2.81 bits per heavy atom. The van der Waals surface area contributed by atoms with Gasteiger partial charge in [0, 0.05) is 32.7 Å². The fourth-order valence-corrected chi connectivity index (χ4v) is 3.59. The van der Waals surface area contributed by atoms with Gasteiger partial charge in [0.2, 0.25) is 5.95 Å². The van der Waals surface area contributed by atoms with E-state index >= 15 is 0 Å². The number of anilines is 4. The second-order valence-corrected chi connectivity index (χ2v) is 7.91. The van der Waals surface area contributed by atoms with Gasteiger partial charge in [-0.2, -0.15) is 4.98 Å². The van der Waals surface area contributed by atoms with Crippen LogP contribution in [0.2, 0.25) is 0 Å². The average molecular weight is 433 g/mol. The highest BCUT2D eigenvalue weighted by molar-refractivity contribution is 5.82. The minimum atomic E-state index is 0. The second kappa shape index (κ2) is 8.68. The SMILES string of the molecule is CN(C)CC1COc2cc(Nc3nccc(Nc4cnc5ccccc5c4)n3)ccc2O1.[HH].[HH]. The average Bonchev–Trinajstić information content (AvgIpc) is 2.79. The van der Waals surface area contributed by atoms with Crippen LogP contribution >= 0.6 is 0 Å². The van der Waals surface area contributed by atoms with Crippen LogP contribution in [0.3, 0.4) is 0 Å². The molecular weight excluding hydrogens is 404 g/mol. The van der Waals surface area contributed by atoms with E-state index in [9.17, 15) is 0 Å². The first-order valence-corrected chi connectivity index (χ1v) is 10.4. The highest BCUT2D eigenvalue weighted by Crippen LogP contribution is 2.35. The van der Waals surface area contributed by atoms with Gasteiger partial charge in [-0.1, -0.05) is 18.2 Å². The molecule has 1 aliphatic heterocycles. The molecule has 0 fully saturated rings. The number of hydrogen-bond donors (Lipinski definition) is 2. The number of rotatable bonds is 6. The maximum absolute atomic E-state index is 6.02. The van der Waals surface area contributed by atoms with Gasteiger partial charge in [-0.15, -0.1) is 0 Å². The molecule has 1 atom stereocenters. The Hall–Kier alpha value is -3.91. The van der Waals surface area contributed by atoms with E-state index in [-0.39, 0.29) is 8.96 Å². The molecule has 0 radical (unpaired) electrons. The summed E-state index contributed by atoms with van der Waals surface area (Å²) in [5, 5.41) is 7.59. The van der Waals surface area contributed by atoms with Crippen LogP contribution < -0.4 is 20.1 Å². The van der Waals surface area contributed by atoms with E-state index < -0.39 is 0 Å². The summed E-state index contributed by atoms with van der Waals surface area (Å²) in [6, 6.07) is 17.6. The lowest BCUT2D eigenvalue weighted by Gasteiger charge is -2.28. The largest absolute Gasteiger partial charge is 0.486 e. The Morgan fingerprint density at radius 2 is 1.91 bits per heavy atom. The predicted octanol–water partition coefficient (Wildman–Crippen LogP) is 4.71. The summed E-state index contributed by atoms with van der Waals surface area (Å²) in [6.07, 6.45) is 3.52. The summed E-state index contributed by atoms with van der Waals surface area (Å²) < 4.78 is 11.9. The predicted molar refractivity (Wildman–Crippen MR) is 129 cm³/mol. The zero-order valence-electron chi connectivity index (χ0n) is 17.9. The number of pyridine rings is 1. The van der Waals surface area contributed by atoms with Crippen LogP contribution in [0.1, 0.15) is 2.85 Å². The van der Waals surface area contributed by atoms with Gasteiger partial charge in [0.05, 0.1) is 17.4 Å². The van der Waals surface area contributed by atoms with Crippen LogP contribution in [0.15, 0.2) is 67.0 Å². The Balaban J connectivity index is 0.00000162. The molecule has 8 nitrogen and oxygen atoms in total.